The Balaban J connectivity index is 2.16. The van der Waals surface area contributed by atoms with Crippen LogP contribution in [0.4, 0.5) is 5.95 Å². The van der Waals surface area contributed by atoms with Crippen LogP contribution < -0.4 is 14.2 Å². The number of ether oxygens (including phenoxy) is 2. The molecule has 0 bridgehead atoms. The molecule has 2 aromatic heterocycles. The Bertz CT molecular complexity index is 1380. The molecule has 2 heterocycles. The summed E-state index contributed by atoms with van der Waals surface area (Å²) in [4.78, 5) is 12.5. The number of rotatable bonds is 10. The minimum Gasteiger partial charge on any atom is -0.494 e. The van der Waals surface area contributed by atoms with Gasteiger partial charge in [0.2, 0.25) is 16.0 Å². The van der Waals surface area contributed by atoms with Crippen molar-refractivity contribution >= 4 is 27.8 Å². The Hall–Kier alpha value is -4.06. The van der Waals surface area contributed by atoms with E-state index in [0.29, 0.717) is 22.8 Å². The number of aryl methyl sites for hydroxylation is 1. The summed E-state index contributed by atoms with van der Waals surface area (Å²) in [6, 6.07) is 5.17. The average molecular weight is 512 g/mol. The van der Waals surface area contributed by atoms with Crippen molar-refractivity contribution in [2.45, 2.75) is 32.9 Å². The molecule has 36 heavy (non-hydrogen) atoms. The van der Waals surface area contributed by atoms with Gasteiger partial charge in [0, 0.05) is 30.4 Å². The third-order valence-electron chi connectivity index (χ3n) is 5.00. The maximum atomic E-state index is 13.3. The van der Waals surface area contributed by atoms with Crippen molar-refractivity contribution in [2.24, 2.45) is 4.99 Å². The zero-order chi connectivity index (χ0) is 26.5. The fourth-order valence-corrected chi connectivity index (χ4v) is 4.09. The van der Waals surface area contributed by atoms with Crippen LogP contribution in [0.5, 0.6) is 11.5 Å². The minimum absolute atomic E-state index is 0.0940. The summed E-state index contributed by atoms with van der Waals surface area (Å²) in [6.45, 7) is 11.2. The second-order valence-electron chi connectivity index (χ2n) is 8.11. The molecule has 11 nitrogen and oxygen atoms in total. The van der Waals surface area contributed by atoms with Crippen molar-refractivity contribution < 1.29 is 17.9 Å². The number of benzene rings is 1. The van der Waals surface area contributed by atoms with Gasteiger partial charge in [-0.15, -0.1) is 10.2 Å². The lowest BCUT2D eigenvalue weighted by molar-refractivity contribution is 0.391. The van der Waals surface area contributed by atoms with Crippen molar-refractivity contribution in [1.29, 1.82) is 0 Å². The molecule has 1 aromatic carbocycles. The van der Waals surface area contributed by atoms with Gasteiger partial charge >= 0.3 is 0 Å². The minimum atomic E-state index is -4.04. The number of methoxy groups -OCH3 is 2. The third-order valence-corrected chi connectivity index (χ3v) is 6.61. The molecule has 0 spiro atoms. The number of aromatic nitrogens is 5. The molecule has 3 aromatic rings. The van der Waals surface area contributed by atoms with Crippen molar-refractivity contribution in [2.75, 3.05) is 18.9 Å². The van der Waals surface area contributed by atoms with Gasteiger partial charge in [-0.05, 0) is 45.4 Å². The van der Waals surface area contributed by atoms with Gasteiger partial charge in [-0.25, -0.2) is 18.4 Å². The Morgan fingerprint density at radius 1 is 1.14 bits per heavy atom. The van der Waals surface area contributed by atoms with Crippen molar-refractivity contribution in [3.63, 3.8) is 0 Å². The van der Waals surface area contributed by atoms with Gasteiger partial charge in [-0.2, -0.15) is 0 Å². The first-order valence-electron chi connectivity index (χ1n) is 10.9. The van der Waals surface area contributed by atoms with Crippen LogP contribution in [-0.2, 0) is 10.0 Å². The quantitative estimate of drug-likeness (QED) is 0.405. The summed E-state index contributed by atoms with van der Waals surface area (Å²) in [5.41, 5.74) is 2.58. The van der Waals surface area contributed by atoms with Crippen LogP contribution in [0.1, 0.15) is 43.2 Å². The highest BCUT2D eigenvalue weighted by atomic mass is 32.2. The molecule has 0 aliphatic rings. The van der Waals surface area contributed by atoms with Crippen LogP contribution in [0.3, 0.4) is 0 Å². The Morgan fingerprint density at radius 3 is 2.31 bits per heavy atom. The molecule has 0 saturated heterocycles. The number of aliphatic imine (C=N–C) groups is 1. The molecule has 1 atom stereocenters. The molecule has 12 heteroatoms. The smallest absolute Gasteiger partial charge is 0.245 e. The predicted molar refractivity (Wildman–Crippen MR) is 139 cm³/mol. The van der Waals surface area contributed by atoms with E-state index in [2.05, 4.69) is 36.5 Å². The van der Waals surface area contributed by atoms with E-state index in [1.54, 1.807) is 36.8 Å². The van der Waals surface area contributed by atoms with E-state index in [1.807, 2.05) is 20.8 Å². The molecule has 0 saturated carbocycles. The SMILES string of the molecule is C=C(C=NC=C(C)C)c1nnc(NS(=O)(=O)[C@H](C)c2ncc(C)cn2)n1-c1c(OC)cccc1OC. The topological polar surface area (TPSA) is 133 Å². The van der Waals surface area contributed by atoms with E-state index in [9.17, 15) is 8.42 Å². The fraction of sp³-hybridized carbons (Fsp3) is 0.292. The molecule has 0 aliphatic carbocycles. The standard InChI is InChI=1S/C24H29N7O4S/c1-15(2)11-25-14-17(4)23-28-29-24(31(23)21-19(34-6)9-8-10-20(21)35-7)30-36(32,33)18(5)22-26-12-16(3)13-27-22/h8-14,18H,4H2,1-3,5-7H3,(H,29,30)/t18-/m1/s1. The summed E-state index contributed by atoms with van der Waals surface area (Å²) in [5, 5.41) is 7.24. The lowest BCUT2D eigenvalue weighted by atomic mass is 10.2. The van der Waals surface area contributed by atoms with Gasteiger partial charge in [0.25, 0.3) is 0 Å². The molecule has 0 amide bonds. The van der Waals surface area contributed by atoms with Crippen molar-refractivity contribution in [1.82, 2.24) is 24.7 Å². The predicted octanol–water partition coefficient (Wildman–Crippen LogP) is 3.89. The van der Waals surface area contributed by atoms with Crippen LogP contribution >= 0.6 is 0 Å². The van der Waals surface area contributed by atoms with E-state index in [-0.39, 0.29) is 17.6 Å². The number of nitrogens with one attached hydrogen (secondary N) is 1. The second kappa shape index (κ2) is 11.1. The molecule has 0 fully saturated rings. The van der Waals surface area contributed by atoms with Crippen LogP contribution in [0, 0.1) is 6.92 Å². The first kappa shape index (κ1) is 26.5. The highest BCUT2D eigenvalue weighted by Gasteiger charge is 2.30. The molecular weight excluding hydrogens is 482 g/mol. The summed E-state index contributed by atoms with van der Waals surface area (Å²) in [6.07, 6.45) is 6.30. The molecule has 1 N–H and O–H groups in total. The van der Waals surface area contributed by atoms with Crippen LogP contribution in [0.2, 0.25) is 0 Å². The lowest BCUT2D eigenvalue weighted by Crippen LogP contribution is -2.23. The average Bonchev–Trinajstić information content (AvgIpc) is 3.25. The molecule has 0 radical (unpaired) electrons. The maximum Gasteiger partial charge on any atom is 0.245 e. The molecule has 0 unspecified atom stereocenters. The van der Waals surface area contributed by atoms with E-state index >= 15 is 0 Å². The lowest BCUT2D eigenvalue weighted by Gasteiger charge is -2.18. The van der Waals surface area contributed by atoms with E-state index in [1.165, 1.54) is 31.9 Å². The Labute approximate surface area is 210 Å². The molecule has 190 valence electrons. The van der Waals surface area contributed by atoms with Crippen molar-refractivity contribution in [3.8, 4) is 17.2 Å². The largest absolute Gasteiger partial charge is 0.494 e. The zero-order valence-electron chi connectivity index (χ0n) is 21.1. The zero-order valence-corrected chi connectivity index (χ0v) is 21.9. The van der Waals surface area contributed by atoms with Gasteiger partial charge in [-0.1, -0.05) is 18.2 Å². The number of anilines is 1. The number of hydrogen-bond acceptors (Lipinski definition) is 9. The molecule has 0 aliphatic heterocycles. The Kier molecular flexibility index (Phi) is 8.20. The van der Waals surface area contributed by atoms with E-state index in [0.717, 1.165) is 11.1 Å². The number of allylic oxidation sites excluding steroid dienone is 2. The summed E-state index contributed by atoms with van der Waals surface area (Å²) < 4.78 is 41.7. The summed E-state index contributed by atoms with van der Waals surface area (Å²) in [7, 11) is -1.05. The van der Waals surface area contributed by atoms with Gasteiger partial charge in [0.1, 0.15) is 28.3 Å². The fourth-order valence-electron chi connectivity index (χ4n) is 3.12. The van der Waals surface area contributed by atoms with Gasteiger partial charge in [-0.3, -0.25) is 14.3 Å². The van der Waals surface area contributed by atoms with Gasteiger partial charge in [0.15, 0.2) is 5.82 Å². The second-order valence-corrected chi connectivity index (χ2v) is 10.1. The number of sulfonamides is 1. The van der Waals surface area contributed by atoms with Crippen LogP contribution in [-0.4, -0.2) is 53.6 Å². The third kappa shape index (κ3) is 5.77. The maximum absolute atomic E-state index is 13.3. The first-order valence-corrected chi connectivity index (χ1v) is 12.5. The van der Waals surface area contributed by atoms with Gasteiger partial charge < -0.3 is 9.47 Å². The highest BCUT2D eigenvalue weighted by Crippen LogP contribution is 2.36. The van der Waals surface area contributed by atoms with Crippen LogP contribution in [0.25, 0.3) is 11.3 Å². The Morgan fingerprint density at radius 2 is 1.75 bits per heavy atom. The number of nitrogens with zero attached hydrogens (tertiary/aromatic N) is 6. The summed E-state index contributed by atoms with van der Waals surface area (Å²) >= 11 is 0. The molecular formula is C24H29N7O4S. The normalized spacial score (nSPS) is 12.3. The monoisotopic (exact) mass is 511 g/mol. The van der Waals surface area contributed by atoms with Crippen LogP contribution in [0.15, 0.2) is 53.9 Å². The summed E-state index contributed by atoms with van der Waals surface area (Å²) in [5.74, 6) is 1.09. The molecule has 3 rings (SSSR count). The van der Waals surface area contributed by atoms with Crippen molar-refractivity contribution in [3.05, 3.63) is 66.2 Å². The van der Waals surface area contributed by atoms with E-state index in [4.69, 9.17) is 9.47 Å². The highest BCUT2D eigenvalue weighted by molar-refractivity contribution is 7.92. The van der Waals surface area contributed by atoms with Gasteiger partial charge in [0.05, 0.1) is 14.2 Å². The van der Waals surface area contributed by atoms with E-state index < -0.39 is 15.3 Å². The first-order chi connectivity index (χ1) is 17.1. The number of hydrogen-bond donors (Lipinski definition) is 1. The number of para-hydroxylation sites is 1.